The molecule has 0 fully saturated rings. The van der Waals surface area contributed by atoms with E-state index in [9.17, 15) is 0 Å². The zero-order valence-corrected chi connectivity index (χ0v) is 12.2. The van der Waals surface area contributed by atoms with Crippen LogP contribution in [0.25, 0.3) is 0 Å². The zero-order chi connectivity index (χ0) is 13.7. The van der Waals surface area contributed by atoms with E-state index in [0.29, 0.717) is 25.5 Å². The second-order valence-electron chi connectivity index (χ2n) is 4.12. The van der Waals surface area contributed by atoms with Crippen molar-refractivity contribution in [3.63, 3.8) is 0 Å². The number of hydrogen-bond donors (Lipinski definition) is 0. The first-order chi connectivity index (χ1) is 9.24. The van der Waals surface area contributed by atoms with Gasteiger partial charge < -0.3 is 9.30 Å². The summed E-state index contributed by atoms with van der Waals surface area (Å²) >= 11 is 11.9. The van der Waals surface area contributed by atoms with Gasteiger partial charge in [0.2, 0.25) is 0 Å². The number of methoxy groups -OCH3 is 1. The van der Waals surface area contributed by atoms with Crippen molar-refractivity contribution in [2.75, 3.05) is 13.7 Å². The van der Waals surface area contributed by atoms with Crippen molar-refractivity contribution in [3.05, 3.63) is 46.5 Å². The number of halogens is 2. The van der Waals surface area contributed by atoms with Gasteiger partial charge in [-0.25, -0.2) is 0 Å². The first-order valence-electron chi connectivity index (χ1n) is 5.95. The molecule has 0 bridgehead atoms. The quantitative estimate of drug-likeness (QED) is 0.770. The van der Waals surface area contributed by atoms with E-state index in [4.69, 9.17) is 27.9 Å². The monoisotopic (exact) mass is 299 g/mol. The summed E-state index contributed by atoms with van der Waals surface area (Å²) in [5.74, 6) is 1.97. The molecule has 0 radical (unpaired) electrons. The van der Waals surface area contributed by atoms with Gasteiger partial charge in [-0.2, -0.15) is 0 Å². The summed E-state index contributed by atoms with van der Waals surface area (Å²) in [6.45, 7) is 1.30. The average Bonchev–Trinajstić information content (AvgIpc) is 2.78. The van der Waals surface area contributed by atoms with Crippen LogP contribution in [0.3, 0.4) is 0 Å². The predicted molar refractivity (Wildman–Crippen MR) is 75.7 cm³/mol. The Kier molecular flexibility index (Phi) is 5.19. The Morgan fingerprint density at radius 3 is 2.74 bits per heavy atom. The summed E-state index contributed by atoms with van der Waals surface area (Å²) in [5.41, 5.74) is 1.10. The molecule has 2 aromatic rings. The Morgan fingerprint density at radius 2 is 2.05 bits per heavy atom. The van der Waals surface area contributed by atoms with Gasteiger partial charge in [-0.3, -0.25) is 0 Å². The molecular weight excluding hydrogens is 285 g/mol. The van der Waals surface area contributed by atoms with Crippen molar-refractivity contribution >= 4 is 23.2 Å². The first kappa shape index (κ1) is 14.3. The molecule has 0 aliphatic rings. The maximum Gasteiger partial charge on any atom is 0.148 e. The molecule has 0 aliphatic heterocycles. The molecule has 0 atom stereocenters. The van der Waals surface area contributed by atoms with Crippen LogP contribution >= 0.6 is 23.2 Å². The van der Waals surface area contributed by atoms with Crippen LogP contribution in [-0.4, -0.2) is 28.5 Å². The zero-order valence-electron chi connectivity index (χ0n) is 10.6. The number of nitrogens with zero attached hydrogens (tertiary/aromatic N) is 3. The van der Waals surface area contributed by atoms with Crippen molar-refractivity contribution in [1.29, 1.82) is 0 Å². The minimum atomic E-state index is 0.340. The van der Waals surface area contributed by atoms with Crippen LogP contribution in [0.5, 0.6) is 0 Å². The van der Waals surface area contributed by atoms with Crippen molar-refractivity contribution in [3.8, 4) is 0 Å². The van der Waals surface area contributed by atoms with Gasteiger partial charge in [0, 0.05) is 25.1 Å². The molecule has 0 unspecified atom stereocenters. The van der Waals surface area contributed by atoms with Crippen molar-refractivity contribution in [1.82, 2.24) is 14.8 Å². The van der Waals surface area contributed by atoms with E-state index >= 15 is 0 Å². The molecule has 0 amide bonds. The summed E-state index contributed by atoms with van der Waals surface area (Å²) in [6, 6.07) is 7.72. The molecule has 4 nitrogen and oxygen atoms in total. The highest BCUT2D eigenvalue weighted by molar-refractivity contribution is 6.30. The third kappa shape index (κ3) is 3.69. The number of alkyl halides is 1. The van der Waals surface area contributed by atoms with Gasteiger partial charge in [0.25, 0.3) is 0 Å². The lowest BCUT2D eigenvalue weighted by Gasteiger charge is -2.08. The molecule has 0 N–H and O–H groups in total. The van der Waals surface area contributed by atoms with Crippen LogP contribution < -0.4 is 0 Å². The maximum atomic E-state index is 5.98. The highest BCUT2D eigenvalue weighted by atomic mass is 35.5. The minimum Gasteiger partial charge on any atom is -0.383 e. The van der Waals surface area contributed by atoms with Crippen LogP contribution in [0.1, 0.15) is 17.2 Å². The summed E-state index contributed by atoms with van der Waals surface area (Å²) in [7, 11) is 1.67. The van der Waals surface area contributed by atoms with Gasteiger partial charge in [0.05, 0.1) is 12.5 Å². The van der Waals surface area contributed by atoms with E-state index in [1.165, 1.54) is 0 Å². The molecule has 19 heavy (non-hydrogen) atoms. The van der Waals surface area contributed by atoms with Crippen LogP contribution in [0.15, 0.2) is 24.3 Å². The van der Waals surface area contributed by atoms with Gasteiger partial charge >= 0.3 is 0 Å². The maximum absolute atomic E-state index is 5.98. The fourth-order valence-electron chi connectivity index (χ4n) is 1.87. The third-order valence-electron chi connectivity index (χ3n) is 2.79. The number of hydrogen-bond acceptors (Lipinski definition) is 3. The molecule has 2 rings (SSSR count). The Balaban J connectivity index is 2.21. The molecule has 0 saturated carbocycles. The van der Waals surface area contributed by atoms with Crippen LogP contribution in [0.2, 0.25) is 5.02 Å². The molecule has 6 heteroatoms. The third-order valence-corrected chi connectivity index (χ3v) is 3.27. The van der Waals surface area contributed by atoms with E-state index in [1.807, 2.05) is 28.8 Å². The van der Waals surface area contributed by atoms with Gasteiger partial charge in [-0.1, -0.05) is 23.7 Å². The second kappa shape index (κ2) is 6.89. The Labute approximate surface area is 122 Å². The first-order valence-corrected chi connectivity index (χ1v) is 6.86. The Morgan fingerprint density at radius 1 is 1.26 bits per heavy atom. The van der Waals surface area contributed by atoms with Crippen LogP contribution in [0, 0.1) is 0 Å². The molecule has 1 heterocycles. The standard InChI is InChI=1S/C13H15Cl2N3O/c1-19-6-5-18-12(16-17-13(18)9-14)8-10-3-2-4-11(15)7-10/h2-4,7H,5-6,8-9H2,1H3. The number of aromatic nitrogens is 3. The van der Waals surface area contributed by atoms with Crippen LogP contribution in [0.4, 0.5) is 0 Å². The molecular formula is C13H15Cl2N3O. The van der Waals surface area contributed by atoms with Gasteiger partial charge in [-0.15, -0.1) is 21.8 Å². The topological polar surface area (TPSA) is 39.9 Å². The fraction of sp³-hybridized carbons (Fsp3) is 0.385. The van der Waals surface area contributed by atoms with Crippen LogP contribution in [-0.2, 0) is 23.6 Å². The molecule has 0 spiro atoms. The Hall–Kier alpha value is -1.10. The van der Waals surface area contributed by atoms with Gasteiger partial charge in [-0.05, 0) is 17.7 Å². The van der Waals surface area contributed by atoms with E-state index < -0.39 is 0 Å². The summed E-state index contributed by atoms with van der Waals surface area (Å²) in [4.78, 5) is 0. The highest BCUT2D eigenvalue weighted by Gasteiger charge is 2.11. The largest absolute Gasteiger partial charge is 0.383 e. The summed E-state index contributed by atoms with van der Waals surface area (Å²) in [5, 5.41) is 9.01. The number of ether oxygens (including phenoxy) is 1. The SMILES string of the molecule is COCCn1c(CCl)nnc1Cc1cccc(Cl)c1. The molecule has 1 aromatic carbocycles. The highest BCUT2D eigenvalue weighted by Crippen LogP contribution is 2.15. The van der Waals surface area contributed by atoms with E-state index in [1.54, 1.807) is 7.11 Å². The number of benzene rings is 1. The summed E-state index contributed by atoms with van der Waals surface area (Å²) in [6.07, 6.45) is 0.675. The fourth-order valence-corrected chi connectivity index (χ4v) is 2.28. The Bertz CT molecular complexity index is 542. The predicted octanol–water partition coefficient (Wildman–Crippen LogP) is 2.91. The molecule has 0 saturated heterocycles. The smallest absolute Gasteiger partial charge is 0.148 e. The van der Waals surface area contributed by atoms with Gasteiger partial charge in [0.15, 0.2) is 0 Å². The minimum absolute atomic E-state index is 0.340. The molecule has 0 aliphatic carbocycles. The second-order valence-corrected chi connectivity index (χ2v) is 4.82. The lowest BCUT2D eigenvalue weighted by molar-refractivity contribution is 0.185. The van der Waals surface area contributed by atoms with Crippen molar-refractivity contribution in [2.45, 2.75) is 18.8 Å². The van der Waals surface area contributed by atoms with E-state index in [2.05, 4.69) is 10.2 Å². The summed E-state index contributed by atoms with van der Waals surface area (Å²) < 4.78 is 7.10. The van der Waals surface area contributed by atoms with Gasteiger partial charge in [0.1, 0.15) is 11.6 Å². The lowest BCUT2D eigenvalue weighted by Crippen LogP contribution is -2.11. The number of rotatable bonds is 6. The normalized spacial score (nSPS) is 10.9. The van der Waals surface area contributed by atoms with E-state index in [-0.39, 0.29) is 0 Å². The van der Waals surface area contributed by atoms with Crippen molar-refractivity contribution < 1.29 is 4.74 Å². The average molecular weight is 300 g/mol. The lowest BCUT2D eigenvalue weighted by atomic mass is 10.1. The van der Waals surface area contributed by atoms with E-state index in [0.717, 1.165) is 22.2 Å². The molecule has 1 aromatic heterocycles. The molecule has 102 valence electrons. The van der Waals surface area contributed by atoms with Crippen molar-refractivity contribution in [2.24, 2.45) is 0 Å².